The predicted octanol–water partition coefficient (Wildman–Crippen LogP) is 23.2. The molecule has 0 N–H and O–H groups in total. The first-order valence-corrected chi connectivity index (χ1v) is 33.3. The number of hydrogen-bond donors (Lipinski definition) is 0. The van der Waals surface area contributed by atoms with Crippen molar-refractivity contribution in [2.45, 2.75) is 271 Å². The summed E-state index contributed by atoms with van der Waals surface area (Å²) >= 11 is 0. The zero-order chi connectivity index (χ0) is 59.9. The highest BCUT2D eigenvalue weighted by molar-refractivity contribution is 5.71. The van der Waals surface area contributed by atoms with E-state index in [1.807, 2.05) is 24.3 Å². The molecule has 83 heavy (non-hydrogen) atoms. The van der Waals surface area contributed by atoms with Crippen LogP contribution in [0.5, 0.6) is 0 Å². The number of carbonyl (C=O) groups is 3. The Morgan fingerprint density at radius 3 is 0.807 bits per heavy atom. The quantitative estimate of drug-likeness (QED) is 0.0261. The van der Waals surface area contributed by atoms with Gasteiger partial charge in [0.1, 0.15) is 13.2 Å². The van der Waals surface area contributed by atoms with Gasteiger partial charge in [-0.3, -0.25) is 14.4 Å². The van der Waals surface area contributed by atoms with Crippen LogP contribution in [0.1, 0.15) is 265 Å². The van der Waals surface area contributed by atoms with Crippen LogP contribution in [-0.4, -0.2) is 37.2 Å². The van der Waals surface area contributed by atoms with E-state index in [9.17, 15) is 14.4 Å². The molecule has 464 valence electrons. The van der Waals surface area contributed by atoms with Crippen molar-refractivity contribution < 1.29 is 28.6 Å². The Morgan fingerprint density at radius 1 is 0.253 bits per heavy atom. The standard InChI is InChI=1S/C77H120O6/c1-4-7-10-13-16-19-22-25-28-31-34-35-36-37-38-39-40-41-44-46-49-52-55-58-61-64-67-70-76(79)82-73-74(83-77(80)71-68-65-62-59-56-53-50-47-43-33-30-27-24-21-18-15-12-9-6-3)72-81-75(78)69-66-63-60-57-54-51-48-45-42-32-29-26-23-20-17-14-11-8-5-2/h8-9,11-12,17-18,20-22,25-27,29-31,34,36-37,42-43,45,47,51,53-54,56,60,62-63,65,74H,4-7,10,13-16,19,23-24,28,32-33,35,38-41,44,46,48-50,52,55,57-59,61,64,66-73H2,1-3H3/b11-8-,12-9-,20-17-,21-18-,25-22-,29-26-,30-27-,34-31-,37-36-,45-42-,47-43-,54-51-,56-53-,63-60-,65-62-. The summed E-state index contributed by atoms with van der Waals surface area (Å²) in [5.41, 5.74) is 0. The Bertz CT molecular complexity index is 1940. The van der Waals surface area contributed by atoms with E-state index in [2.05, 4.69) is 179 Å². The van der Waals surface area contributed by atoms with Gasteiger partial charge in [0.05, 0.1) is 0 Å². The van der Waals surface area contributed by atoms with Gasteiger partial charge in [-0.2, -0.15) is 0 Å². The Kier molecular flexibility index (Phi) is 64.4. The van der Waals surface area contributed by atoms with Crippen LogP contribution >= 0.6 is 0 Å². The molecule has 0 aliphatic carbocycles. The van der Waals surface area contributed by atoms with E-state index < -0.39 is 12.1 Å². The molecule has 0 rings (SSSR count). The van der Waals surface area contributed by atoms with Gasteiger partial charge in [-0.05, 0) is 135 Å². The third kappa shape index (κ3) is 67.2. The maximum atomic E-state index is 12.9. The lowest BCUT2D eigenvalue weighted by molar-refractivity contribution is -0.166. The van der Waals surface area contributed by atoms with E-state index >= 15 is 0 Å². The maximum Gasteiger partial charge on any atom is 0.306 e. The smallest absolute Gasteiger partial charge is 0.306 e. The molecule has 0 aliphatic rings. The zero-order valence-corrected chi connectivity index (χ0v) is 53.1. The van der Waals surface area contributed by atoms with Crippen molar-refractivity contribution in [3.8, 4) is 0 Å². The van der Waals surface area contributed by atoms with Gasteiger partial charge in [0, 0.05) is 19.3 Å². The van der Waals surface area contributed by atoms with Crippen LogP contribution in [0.2, 0.25) is 0 Å². The highest BCUT2D eigenvalue weighted by atomic mass is 16.6. The molecule has 0 heterocycles. The van der Waals surface area contributed by atoms with Gasteiger partial charge in [0.15, 0.2) is 6.10 Å². The van der Waals surface area contributed by atoms with Crippen molar-refractivity contribution in [2.24, 2.45) is 0 Å². The van der Waals surface area contributed by atoms with Crippen molar-refractivity contribution in [3.05, 3.63) is 182 Å². The van der Waals surface area contributed by atoms with Crippen LogP contribution in [0.3, 0.4) is 0 Å². The van der Waals surface area contributed by atoms with Crippen molar-refractivity contribution in [1.29, 1.82) is 0 Å². The normalized spacial score (nSPS) is 13.3. The zero-order valence-electron chi connectivity index (χ0n) is 53.1. The molecule has 0 saturated carbocycles. The molecule has 6 nitrogen and oxygen atoms in total. The summed E-state index contributed by atoms with van der Waals surface area (Å²) in [6, 6.07) is 0. The first-order chi connectivity index (χ1) is 41.0. The second-order valence-electron chi connectivity index (χ2n) is 21.3. The molecule has 0 radical (unpaired) electrons. The lowest BCUT2D eigenvalue weighted by Crippen LogP contribution is -2.30. The molecule has 0 aliphatic heterocycles. The van der Waals surface area contributed by atoms with Crippen LogP contribution in [0.15, 0.2) is 182 Å². The van der Waals surface area contributed by atoms with Crippen molar-refractivity contribution in [1.82, 2.24) is 0 Å². The van der Waals surface area contributed by atoms with Gasteiger partial charge in [0.25, 0.3) is 0 Å². The number of rotatable bonds is 58. The van der Waals surface area contributed by atoms with Crippen LogP contribution in [0.4, 0.5) is 0 Å². The Labute approximate surface area is 510 Å². The summed E-state index contributed by atoms with van der Waals surface area (Å²) in [5, 5.41) is 0. The predicted molar refractivity (Wildman–Crippen MR) is 361 cm³/mol. The summed E-state index contributed by atoms with van der Waals surface area (Å²) < 4.78 is 16.8. The van der Waals surface area contributed by atoms with E-state index in [1.165, 1.54) is 103 Å². The van der Waals surface area contributed by atoms with Crippen molar-refractivity contribution in [2.75, 3.05) is 13.2 Å². The van der Waals surface area contributed by atoms with Crippen molar-refractivity contribution >= 4 is 17.9 Å². The summed E-state index contributed by atoms with van der Waals surface area (Å²) in [4.78, 5) is 38.3. The first-order valence-electron chi connectivity index (χ1n) is 33.3. The lowest BCUT2D eigenvalue weighted by Gasteiger charge is -2.18. The minimum atomic E-state index is -0.862. The molecule has 0 fully saturated rings. The lowest BCUT2D eigenvalue weighted by atomic mass is 10.0. The van der Waals surface area contributed by atoms with Gasteiger partial charge in [0.2, 0.25) is 0 Å². The second kappa shape index (κ2) is 69.0. The minimum Gasteiger partial charge on any atom is -0.462 e. The summed E-state index contributed by atoms with van der Waals surface area (Å²) in [5.74, 6) is -1.12. The molecular formula is C77H120O6. The number of hydrogen-bond acceptors (Lipinski definition) is 6. The van der Waals surface area contributed by atoms with E-state index in [1.54, 1.807) is 0 Å². The highest BCUT2D eigenvalue weighted by Gasteiger charge is 2.19. The molecule has 0 amide bonds. The monoisotopic (exact) mass is 1140 g/mol. The van der Waals surface area contributed by atoms with Gasteiger partial charge in [-0.25, -0.2) is 0 Å². The van der Waals surface area contributed by atoms with Gasteiger partial charge in [-0.1, -0.05) is 293 Å². The van der Waals surface area contributed by atoms with E-state index in [4.69, 9.17) is 14.2 Å². The molecule has 6 heteroatoms. The third-order valence-corrected chi connectivity index (χ3v) is 13.4. The fourth-order valence-electron chi connectivity index (χ4n) is 8.50. The van der Waals surface area contributed by atoms with Crippen LogP contribution in [0.25, 0.3) is 0 Å². The van der Waals surface area contributed by atoms with Gasteiger partial charge < -0.3 is 14.2 Å². The van der Waals surface area contributed by atoms with Crippen LogP contribution in [-0.2, 0) is 28.6 Å². The van der Waals surface area contributed by atoms with Gasteiger partial charge in [-0.15, -0.1) is 0 Å². The number of esters is 3. The average molecular weight is 1140 g/mol. The number of carbonyl (C=O) groups excluding carboxylic acids is 3. The highest BCUT2D eigenvalue weighted by Crippen LogP contribution is 2.15. The van der Waals surface area contributed by atoms with Crippen LogP contribution in [0, 0.1) is 0 Å². The fourth-order valence-corrected chi connectivity index (χ4v) is 8.50. The molecule has 1 atom stereocenters. The summed E-state index contributed by atoms with van der Waals surface area (Å²) in [6.45, 7) is 6.27. The summed E-state index contributed by atoms with van der Waals surface area (Å²) in [6.07, 6.45) is 104. The molecule has 0 spiro atoms. The topological polar surface area (TPSA) is 78.9 Å². The minimum absolute atomic E-state index is 0.141. The first kappa shape index (κ1) is 77.5. The molecular weight excluding hydrogens is 1020 g/mol. The van der Waals surface area contributed by atoms with Crippen molar-refractivity contribution in [3.63, 3.8) is 0 Å². The maximum absolute atomic E-state index is 12.9. The Balaban J connectivity index is 4.55. The SMILES string of the molecule is CC/C=C\C/C=C\C/C=C\C/C=C\C/C=C\C/C=C\CCC(=O)OCC(COC(=O)CCCCCCCCCCCCCC/C=C\C/C=C\C/C=C\CCCCCCC)OC(=O)CC/C=C\C/C=C\C/C=C\C/C=C\C/C=C\C/C=C\CC. The number of unbranched alkanes of at least 4 members (excludes halogenated alkanes) is 17. The average Bonchev–Trinajstić information content (AvgIpc) is 3.50. The number of ether oxygens (including phenoxy) is 3. The fraction of sp³-hybridized carbons (Fsp3) is 0.571. The van der Waals surface area contributed by atoms with E-state index in [0.29, 0.717) is 19.3 Å². The number of allylic oxidation sites excluding steroid dienone is 30. The molecule has 0 bridgehead atoms. The molecule has 0 aromatic rings. The molecule has 0 aromatic heterocycles. The van der Waals surface area contributed by atoms with Gasteiger partial charge >= 0.3 is 17.9 Å². The Morgan fingerprint density at radius 2 is 0.494 bits per heavy atom. The van der Waals surface area contributed by atoms with E-state index in [-0.39, 0.29) is 38.0 Å². The molecule has 0 aromatic carbocycles. The van der Waals surface area contributed by atoms with Crippen LogP contribution < -0.4 is 0 Å². The molecule has 1 unspecified atom stereocenters. The summed E-state index contributed by atoms with van der Waals surface area (Å²) in [7, 11) is 0. The second-order valence-corrected chi connectivity index (χ2v) is 21.3. The molecule has 0 saturated heterocycles. The largest absolute Gasteiger partial charge is 0.462 e. The third-order valence-electron chi connectivity index (χ3n) is 13.4. The van der Waals surface area contributed by atoms with E-state index in [0.717, 1.165) is 109 Å². The Hall–Kier alpha value is -5.49.